The number of ether oxygens (including phenoxy) is 1. The van der Waals surface area contributed by atoms with Crippen LogP contribution in [0.1, 0.15) is 22.7 Å². The molecule has 0 N–H and O–H groups in total. The Bertz CT molecular complexity index is 1060. The van der Waals surface area contributed by atoms with Gasteiger partial charge >= 0.3 is 6.18 Å². The maximum absolute atomic E-state index is 13.1. The van der Waals surface area contributed by atoms with Crippen LogP contribution in [-0.2, 0) is 21.7 Å². The van der Waals surface area contributed by atoms with Crippen molar-refractivity contribution in [3.05, 3.63) is 95.6 Å². The molecule has 3 nitrogen and oxygen atoms in total. The van der Waals surface area contributed by atoms with Crippen molar-refractivity contribution in [2.75, 3.05) is 6.61 Å². The lowest BCUT2D eigenvalue weighted by atomic mass is 10.1. The number of aliphatic imine (C=N–C) groups is 1. The SMILES string of the molecule is O=S(c1ccc(C(F)(F)F)cc1)c1ccccc1C1=N[C@H](c2ccccc2)CO1. The van der Waals surface area contributed by atoms with Gasteiger partial charge in [0.05, 0.1) is 26.8 Å². The molecular weight excluding hydrogens is 399 g/mol. The van der Waals surface area contributed by atoms with Gasteiger partial charge in [0, 0.05) is 4.90 Å². The summed E-state index contributed by atoms with van der Waals surface area (Å²) in [6.07, 6.45) is -4.43. The molecule has 0 radical (unpaired) electrons. The van der Waals surface area contributed by atoms with E-state index >= 15 is 0 Å². The van der Waals surface area contributed by atoms with Crippen molar-refractivity contribution < 1.29 is 22.1 Å². The van der Waals surface area contributed by atoms with E-state index in [2.05, 4.69) is 4.99 Å². The van der Waals surface area contributed by atoms with Crippen molar-refractivity contribution in [3.8, 4) is 0 Å². The fraction of sp³-hybridized carbons (Fsp3) is 0.136. The molecule has 7 heteroatoms. The monoisotopic (exact) mass is 415 g/mol. The third-order valence-corrected chi connectivity index (χ3v) is 6.00. The first kappa shape index (κ1) is 19.4. The van der Waals surface area contributed by atoms with Gasteiger partial charge < -0.3 is 4.74 Å². The van der Waals surface area contributed by atoms with E-state index in [1.807, 2.05) is 30.3 Å². The summed E-state index contributed by atoms with van der Waals surface area (Å²) in [6, 6.07) is 20.8. The number of nitrogens with zero attached hydrogens (tertiary/aromatic N) is 1. The van der Waals surface area contributed by atoms with Crippen molar-refractivity contribution in [1.82, 2.24) is 0 Å². The first-order valence-electron chi connectivity index (χ1n) is 8.87. The number of hydrogen-bond donors (Lipinski definition) is 0. The Labute approximate surface area is 168 Å². The maximum Gasteiger partial charge on any atom is 0.416 e. The van der Waals surface area contributed by atoms with Crippen molar-refractivity contribution in [1.29, 1.82) is 0 Å². The molecule has 0 aliphatic carbocycles. The summed E-state index contributed by atoms with van der Waals surface area (Å²) in [4.78, 5) is 5.35. The number of benzene rings is 3. The molecular formula is C22H16F3NO2S. The van der Waals surface area contributed by atoms with Gasteiger partial charge in [0.2, 0.25) is 5.90 Å². The van der Waals surface area contributed by atoms with E-state index in [-0.39, 0.29) is 10.9 Å². The highest BCUT2D eigenvalue weighted by Gasteiger charge is 2.30. The molecule has 0 fully saturated rings. The third kappa shape index (κ3) is 4.10. The molecule has 0 amide bonds. The summed E-state index contributed by atoms with van der Waals surface area (Å²) >= 11 is 0. The van der Waals surface area contributed by atoms with Crippen LogP contribution in [0.15, 0.2) is 93.6 Å². The summed E-state index contributed by atoms with van der Waals surface area (Å²) in [5.74, 6) is 0.384. The average molecular weight is 415 g/mol. The molecule has 29 heavy (non-hydrogen) atoms. The van der Waals surface area contributed by atoms with E-state index in [1.54, 1.807) is 24.3 Å². The smallest absolute Gasteiger partial charge is 0.416 e. The average Bonchev–Trinajstić information content (AvgIpc) is 3.23. The second-order valence-electron chi connectivity index (χ2n) is 6.46. The number of hydrogen-bond acceptors (Lipinski definition) is 3. The lowest BCUT2D eigenvalue weighted by molar-refractivity contribution is -0.137. The normalized spacial score (nSPS) is 17.5. The molecule has 0 aromatic heterocycles. The summed E-state index contributed by atoms with van der Waals surface area (Å²) in [5, 5.41) is 0. The fourth-order valence-electron chi connectivity index (χ4n) is 3.07. The van der Waals surface area contributed by atoms with E-state index in [4.69, 9.17) is 4.74 Å². The highest BCUT2D eigenvalue weighted by atomic mass is 32.2. The summed E-state index contributed by atoms with van der Waals surface area (Å²) in [7, 11) is -1.67. The Kier molecular flexibility index (Phi) is 5.24. The molecule has 148 valence electrons. The van der Waals surface area contributed by atoms with Crippen molar-refractivity contribution >= 4 is 16.7 Å². The molecule has 3 aromatic carbocycles. The lowest BCUT2D eigenvalue weighted by Gasteiger charge is -2.10. The Hall–Kier alpha value is -2.93. The van der Waals surface area contributed by atoms with E-state index < -0.39 is 22.5 Å². The van der Waals surface area contributed by atoms with Crippen LogP contribution < -0.4 is 0 Å². The van der Waals surface area contributed by atoms with E-state index in [1.165, 1.54) is 12.1 Å². The summed E-state index contributed by atoms with van der Waals surface area (Å²) in [6.45, 7) is 0.376. The quantitative estimate of drug-likeness (QED) is 0.573. The zero-order valence-electron chi connectivity index (χ0n) is 15.1. The van der Waals surface area contributed by atoms with Crippen LogP contribution in [0, 0.1) is 0 Å². The molecule has 1 aliphatic rings. The Morgan fingerprint density at radius 2 is 1.55 bits per heavy atom. The van der Waals surface area contributed by atoms with Crippen molar-refractivity contribution in [3.63, 3.8) is 0 Å². The molecule has 1 unspecified atom stereocenters. The van der Waals surface area contributed by atoms with E-state index in [0.29, 0.717) is 23.0 Å². The highest BCUT2D eigenvalue weighted by Crippen LogP contribution is 2.31. The van der Waals surface area contributed by atoms with Gasteiger partial charge in [-0.1, -0.05) is 42.5 Å². The van der Waals surface area contributed by atoms with Gasteiger partial charge in [-0.15, -0.1) is 0 Å². The second kappa shape index (κ2) is 7.83. The van der Waals surface area contributed by atoms with Crippen LogP contribution >= 0.6 is 0 Å². The van der Waals surface area contributed by atoms with E-state index in [9.17, 15) is 17.4 Å². The molecule has 3 aromatic rings. The molecule has 2 atom stereocenters. The van der Waals surface area contributed by atoms with Crippen LogP contribution in [0.4, 0.5) is 13.2 Å². The minimum Gasteiger partial charge on any atom is -0.475 e. The predicted molar refractivity (Wildman–Crippen MR) is 104 cm³/mol. The topological polar surface area (TPSA) is 38.7 Å². The second-order valence-corrected chi connectivity index (χ2v) is 7.91. The minimum atomic E-state index is -4.43. The number of rotatable bonds is 4. The maximum atomic E-state index is 13.1. The lowest BCUT2D eigenvalue weighted by Crippen LogP contribution is -2.08. The largest absolute Gasteiger partial charge is 0.475 e. The summed E-state index contributed by atoms with van der Waals surface area (Å²) in [5.41, 5.74) is 0.814. The molecule has 4 rings (SSSR count). The minimum absolute atomic E-state index is 0.154. The zero-order chi connectivity index (χ0) is 20.4. The van der Waals surface area contributed by atoms with Crippen LogP contribution in [0.3, 0.4) is 0 Å². The highest BCUT2D eigenvalue weighted by molar-refractivity contribution is 7.85. The predicted octanol–water partition coefficient (Wildman–Crippen LogP) is 5.39. The molecule has 0 saturated carbocycles. The van der Waals surface area contributed by atoms with Gasteiger partial charge in [0.15, 0.2) is 0 Å². The third-order valence-electron chi connectivity index (χ3n) is 4.55. The molecule has 0 saturated heterocycles. The van der Waals surface area contributed by atoms with Gasteiger partial charge in [0.1, 0.15) is 12.6 Å². The summed E-state index contributed by atoms with van der Waals surface area (Å²) < 4.78 is 57.2. The van der Waals surface area contributed by atoms with Gasteiger partial charge in [-0.05, 0) is 42.0 Å². The first-order chi connectivity index (χ1) is 13.9. The van der Waals surface area contributed by atoms with Gasteiger partial charge in [-0.2, -0.15) is 13.2 Å². The van der Waals surface area contributed by atoms with E-state index in [0.717, 1.165) is 17.7 Å². The van der Waals surface area contributed by atoms with Crippen molar-refractivity contribution in [2.45, 2.75) is 22.0 Å². The van der Waals surface area contributed by atoms with Gasteiger partial charge in [0.25, 0.3) is 0 Å². The standard InChI is InChI=1S/C22H16F3NO2S/c23-22(24,25)16-10-12-17(13-11-16)29(27)20-9-5-4-8-18(20)21-26-19(14-28-21)15-6-2-1-3-7-15/h1-13,19H,14H2/t19-,29?/m0/s1. The number of halogens is 3. The molecule has 1 aliphatic heterocycles. The van der Waals surface area contributed by atoms with Crippen LogP contribution in [0.5, 0.6) is 0 Å². The Morgan fingerprint density at radius 1 is 0.897 bits per heavy atom. The number of alkyl halides is 3. The zero-order valence-corrected chi connectivity index (χ0v) is 15.9. The van der Waals surface area contributed by atoms with Crippen molar-refractivity contribution in [2.24, 2.45) is 4.99 Å². The Morgan fingerprint density at radius 3 is 2.24 bits per heavy atom. The van der Waals surface area contributed by atoms with Crippen LogP contribution in [0.2, 0.25) is 0 Å². The Balaban J connectivity index is 1.64. The van der Waals surface area contributed by atoms with Crippen LogP contribution in [-0.4, -0.2) is 16.7 Å². The van der Waals surface area contributed by atoms with Gasteiger partial charge in [-0.3, -0.25) is 0 Å². The fourth-order valence-corrected chi connectivity index (χ4v) is 4.26. The molecule has 0 spiro atoms. The van der Waals surface area contributed by atoms with Gasteiger partial charge in [-0.25, -0.2) is 9.20 Å². The first-order valence-corrected chi connectivity index (χ1v) is 10.0. The molecule has 1 heterocycles. The molecule has 0 bridgehead atoms. The van der Waals surface area contributed by atoms with Crippen LogP contribution in [0.25, 0.3) is 0 Å².